The Hall–Kier alpha value is -0.340. The molecule has 1 saturated heterocycles. The Labute approximate surface area is 74.8 Å². The maximum Gasteiger partial charge on any atom is 0.0495 e. The van der Waals surface area contributed by atoms with Crippen molar-refractivity contribution < 1.29 is 4.74 Å². The maximum absolute atomic E-state index is 5.94. The van der Waals surface area contributed by atoms with Crippen LogP contribution in [-0.2, 0) is 4.74 Å². The van der Waals surface area contributed by atoms with E-state index in [9.17, 15) is 0 Å². The Bertz CT molecular complexity index is 150. The molecule has 0 aromatic heterocycles. The third kappa shape index (κ3) is 3.37. The molecule has 0 aliphatic carbocycles. The molecule has 0 saturated carbocycles. The van der Waals surface area contributed by atoms with Crippen LogP contribution in [0.15, 0.2) is 12.2 Å². The van der Waals surface area contributed by atoms with E-state index in [0.717, 1.165) is 26.1 Å². The first-order valence-corrected chi connectivity index (χ1v) is 4.66. The van der Waals surface area contributed by atoms with Crippen molar-refractivity contribution in [2.75, 3.05) is 13.2 Å². The highest BCUT2D eigenvalue weighted by molar-refractivity contribution is 4.92. The fourth-order valence-electron chi connectivity index (χ4n) is 1.73. The second-order valence-corrected chi connectivity index (χ2v) is 3.89. The van der Waals surface area contributed by atoms with E-state index >= 15 is 0 Å². The van der Waals surface area contributed by atoms with E-state index in [1.807, 2.05) is 6.92 Å². The van der Waals surface area contributed by atoms with Gasteiger partial charge in [-0.2, -0.15) is 0 Å². The zero-order valence-electron chi connectivity index (χ0n) is 7.88. The largest absolute Gasteiger partial charge is 0.381 e. The molecule has 0 amide bonds. The number of rotatable bonds is 4. The lowest BCUT2D eigenvalue weighted by Gasteiger charge is -2.14. The summed E-state index contributed by atoms with van der Waals surface area (Å²) in [6.45, 7) is 7.72. The molecule has 12 heavy (non-hydrogen) atoms. The molecule has 0 spiro atoms. The van der Waals surface area contributed by atoms with Crippen LogP contribution in [0, 0.1) is 5.92 Å². The third-order valence-electron chi connectivity index (χ3n) is 2.27. The molecular formula is C10H19NO. The Morgan fingerprint density at radius 3 is 3.00 bits per heavy atom. The maximum atomic E-state index is 5.94. The van der Waals surface area contributed by atoms with Crippen LogP contribution in [0.2, 0.25) is 0 Å². The summed E-state index contributed by atoms with van der Waals surface area (Å²) < 4.78 is 5.28. The highest BCUT2D eigenvalue weighted by Crippen LogP contribution is 2.19. The van der Waals surface area contributed by atoms with Gasteiger partial charge in [0, 0.05) is 19.3 Å². The highest BCUT2D eigenvalue weighted by Gasteiger charge is 2.18. The summed E-state index contributed by atoms with van der Waals surface area (Å²) in [6.07, 6.45) is 3.23. The van der Waals surface area contributed by atoms with Gasteiger partial charge in [0.05, 0.1) is 0 Å². The Balaban J connectivity index is 2.16. The summed E-state index contributed by atoms with van der Waals surface area (Å²) >= 11 is 0. The number of hydrogen-bond donors (Lipinski definition) is 1. The van der Waals surface area contributed by atoms with Crippen LogP contribution in [0.4, 0.5) is 0 Å². The second kappa shape index (κ2) is 4.63. The minimum Gasteiger partial charge on any atom is -0.381 e. The molecule has 2 N–H and O–H groups in total. The van der Waals surface area contributed by atoms with E-state index in [4.69, 9.17) is 10.5 Å². The van der Waals surface area contributed by atoms with Gasteiger partial charge in [-0.3, -0.25) is 0 Å². The van der Waals surface area contributed by atoms with Crippen LogP contribution in [-0.4, -0.2) is 19.3 Å². The SMILES string of the molecule is C=C(C)CC(N)CC1CCOC1. The van der Waals surface area contributed by atoms with E-state index in [1.165, 1.54) is 12.0 Å². The highest BCUT2D eigenvalue weighted by atomic mass is 16.5. The first kappa shape index (κ1) is 9.75. The molecule has 0 aromatic rings. The average Bonchev–Trinajstić information content (AvgIpc) is 2.37. The van der Waals surface area contributed by atoms with Gasteiger partial charge >= 0.3 is 0 Å². The molecule has 2 unspecified atom stereocenters. The van der Waals surface area contributed by atoms with Gasteiger partial charge in [0.25, 0.3) is 0 Å². The van der Waals surface area contributed by atoms with Crippen molar-refractivity contribution in [2.24, 2.45) is 11.7 Å². The normalized spacial score (nSPS) is 25.7. The number of nitrogens with two attached hydrogens (primary N) is 1. The summed E-state index contributed by atoms with van der Waals surface area (Å²) in [7, 11) is 0. The van der Waals surface area contributed by atoms with E-state index in [1.54, 1.807) is 0 Å². The van der Waals surface area contributed by atoms with Gasteiger partial charge in [0.1, 0.15) is 0 Å². The van der Waals surface area contributed by atoms with Gasteiger partial charge in [-0.25, -0.2) is 0 Å². The molecule has 1 aliphatic rings. The minimum absolute atomic E-state index is 0.286. The van der Waals surface area contributed by atoms with Crippen LogP contribution >= 0.6 is 0 Å². The van der Waals surface area contributed by atoms with Gasteiger partial charge in [0.2, 0.25) is 0 Å². The molecular weight excluding hydrogens is 150 g/mol. The second-order valence-electron chi connectivity index (χ2n) is 3.89. The lowest BCUT2D eigenvalue weighted by Crippen LogP contribution is -2.23. The fourth-order valence-corrected chi connectivity index (χ4v) is 1.73. The van der Waals surface area contributed by atoms with Gasteiger partial charge in [-0.1, -0.05) is 5.57 Å². The van der Waals surface area contributed by atoms with Crippen LogP contribution in [0.5, 0.6) is 0 Å². The molecule has 0 bridgehead atoms. The van der Waals surface area contributed by atoms with Gasteiger partial charge < -0.3 is 10.5 Å². The number of hydrogen-bond acceptors (Lipinski definition) is 2. The van der Waals surface area contributed by atoms with E-state index in [0.29, 0.717) is 5.92 Å². The topological polar surface area (TPSA) is 35.2 Å². The molecule has 1 aliphatic heterocycles. The molecule has 2 atom stereocenters. The van der Waals surface area contributed by atoms with Crippen LogP contribution in [0.1, 0.15) is 26.2 Å². The smallest absolute Gasteiger partial charge is 0.0495 e. The summed E-state index contributed by atoms with van der Waals surface area (Å²) in [4.78, 5) is 0. The molecule has 70 valence electrons. The third-order valence-corrected chi connectivity index (χ3v) is 2.27. The number of ether oxygens (including phenoxy) is 1. The lowest BCUT2D eigenvalue weighted by atomic mass is 9.96. The Kier molecular flexibility index (Phi) is 3.76. The van der Waals surface area contributed by atoms with E-state index in [2.05, 4.69) is 6.58 Å². The van der Waals surface area contributed by atoms with Gasteiger partial charge in [-0.05, 0) is 32.1 Å². The lowest BCUT2D eigenvalue weighted by molar-refractivity contribution is 0.182. The Morgan fingerprint density at radius 1 is 1.75 bits per heavy atom. The van der Waals surface area contributed by atoms with Crippen LogP contribution in [0.25, 0.3) is 0 Å². The zero-order valence-corrected chi connectivity index (χ0v) is 7.88. The van der Waals surface area contributed by atoms with Crippen LogP contribution < -0.4 is 5.73 Å². The average molecular weight is 169 g/mol. The molecule has 2 nitrogen and oxygen atoms in total. The summed E-state index contributed by atoms with van der Waals surface area (Å²) in [5.74, 6) is 0.694. The van der Waals surface area contributed by atoms with Crippen LogP contribution in [0.3, 0.4) is 0 Å². The molecule has 2 heteroatoms. The van der Waals surface area contributed by atoms with Crippen molar-refractivity contribution in [1.29, 1.82) is 0 Å². The quantitative estimate of drug-likeness (QED) is 0.650. The summed E-state index contributed by atoms with van der Waals surface area (Å²) in [5.41, 5.74) is 7.12. The predicted molar refractivity (Wildman–Crippen MR) is 50.9 cm³/mol. The minimum atomic E-state index is 0.286. The molecule has 1 heterocycles. The van der Waals surface area contributed by atoms with Gasteiger partial charge in [-0.15, -0.1) is 6.58 Å². The first-order valence-electron chi connectivity index (χ1n) is 4.66. The molecule has 1 rings (SSSR count). The molecule has 0 aromatic carbocycles. The van der Waals surface area contributed by atoms with Crippen molar-refractivity contribution >= 4 is 0 Å². The monoisotopic (exact) mass is 169 g/mol. The van der Waals surface area contributed by atoms with Crippen molar-refractivity contribution in [3.63, 3.8) is 0 Å². The summed E-state index contributed by atoms with van der Waals surface area (Å²) in [5, 5.41) is 0. The van der Waals surface area contributed by atoms with Crippen molar-refractivity contribution in [1.82, 2.24) is 0 Å². The molecule has 0 radical (unpaired) electrons. The van der Waals surface area contributed by atoms with E-state index < -0.39 is 0 Å². The van der Waals surface area contributed by atoms with Crippen molar-refractivity contribution in [3.8, 4) is 0 Å². The van der Waals surface area contributed by atoms with Crippen molar-refractivity contribution in [3.05, 3.63) is 12.2 Å². The van der Waals surface area contributed by atoms with Gasteiger partial charge in [0.15, 0.2) is 0 Å². The Morgan fingerprint density at radius 2 is 2.50 bits per heavy atom. The predicted octanol–water partition coefficient (Wildman–Crippen LogP) is 1.71. The fraction of sp³-hybridized carbons (Fsp3) is 0.800. The van der Waals surface area contributed by atoms with E-state index in [-0.39, 0.29) is 6.04 Å². The van der Waals surface area contributed by atoms with Crippen molar-refractivity contribution in [2.45, 2.75) is 32.2 Å². The molecule has 1 fully saturated rings. The zero-order chi connectivity index (χ0) is 8.97. The summed E-state index contributed by atoms with van der Waals surface area (Å²) in [6, 6.07) is 0.286. The first-order chi connectivity index (χ1) is 5.68. The standard InChI is InChI=1S/C10H19NO/c1-8(2)5-10(11)6-9-3-4-12-7-9/h9-10H,1,3-7,11H2,2H3.